The molecular formula is C12H19N3O3. The Bertz CT molecular complexity index is 379. The third kappa shape index (κ3) is 2.99. The van der Waals surface area contributed by atoms with Gasteiger partial charge in [-0.05, 0) is 26.7 Å². The summed E-state index contributed by atoms with van der Waals surface area (Å²) in [6, 6.07) is 2.07. The summed E-state index contributed by atoms with van der Waals surface area (Å²) in [6.45, 7) is 4.24. The van der Waals surface area contributed by atoms with Crippen molar-refractivity contribution in [2.75, 3.05) is 19.8 Å². The van der Waals surface area contributed by atoms with Crippen LogP contribution in [-0.4, -0.2) is 31.6 Å². The van der Waals surface area contributed by atoms with E-state index >= 15 is 0 Å². The number of primary amides is 1. The van der Waals surface area contributed by atoms with E-state index in [1.807, 2.05) is 0 Å². The van der Waals surface area contributed by atoms with Crippen LogP contribution in [0.3, 0.4) is 0 Å². The molecule has 18 heavy (non-hydrogen) atoms. The maximum Gasteiger partial charge on any atom is 0.240 e. The molecule has 1 fully saturated rings. The first-order valence-electron chi connectivity index (χ1n) is 5.91. The zero-order valence-electron chi connectivity index (χ0n) is 10.8. The molecule has 0 aromatic rings. The minimum atomic E-state index is -1.04. The number of rotatable bonds is 4. The van der Waals surface area contributed by atoms with Crippen molar-refractivity contribution in [2.45, 2.75) is 26.7 Å². The lowest BCUT2D eigenvalue weighted by molar-refractivity contribution is -0.133. The molecule has 0 saturated carbocycles. The molecule has 0 spiro atoms. The van der Waals surface area contributed by atoms with E-state index in [1.165, 1.54) is 0 Å². The number of nitrogens with zero attached hydrogens (tertiary/aromatic N) is 1. The molecule has 1 rings (SSSR count). The molecule has 1 heterocycles. The molecule has 0 aliphatic carbocycles. The first kappa shape index (κ1) is 14.5. The minimum Gasteiger partial charge on any atom is -0.381 e. The average Bonchev–Trinajstić information content (AvgIpc) is 2.36. The summed E-state index contributed by atoms with van der Waals surface area (Å²) in [4.78, 5) is 23.2. The highest BCUT2D eigenvalue weighted by Gasteiger charge is 2.41. The van der Waals surface area contributed by atoms with Crippen LogP contribution in [0.25, 0.3) is 0 Å². The number of nitriles is 1. The van der Waals surface area contributed by atoms with Gasteiger partial charge in [0, 0.05) is 19.8 Å². The van der Waals surface area contributed by atoms with E-state index in [4.69, 9.17) is 10.5 Å². The second-order valence-corrected chi connectivity index (χ2v) is 5.24. The summed E-state index contributed by atoms with van der Waals surface area (Å²) in [5.74, 6) is -0.830. The Kier molecular flexibility index (Phi) is 4.30. The van der Waals surface area contributed by atoms with Gasteiger partial charge in [0.15, 0.2) is 0 Å². The van der Waals surface area contributed by atoms with Crippen LogP contribution in [0.4, 0.5) is 0 Å². The summed E-state index contributed by atoms with van der Waals surface area (Å²) in [7, 11) is 0. The van der Waals surface area contributed by atoms with Crippen LogP contribution in [0.15, 0.2) is 0 Å². The van der Waals surface area contributed by atoms with Gasteiger partial charge in [0.1, 0.15) is 5.41 Å². The minimum absolute atomic E-state index is 0.130. The molecule has 0 aromatic carbocycles. The molecule has 6 heteroatoms. The quantitative estimate of drug-likeness (QED) is 0.731. The number of hydrogen-bond acceptors (Lipinski definition) is 4. The Morgan fingerprint density at radius 1 is 1.44 bits per heavy atom. The standard InChI is InChI=1S/C12H19N3O3/c1-11(2,9(14)16)8-15-10(17)12(7-13)3-5-18-6-4-12/h3-6,8H2,1-2H3,(H2,14,16)(H,15,17). The SMILES string of the molecule is CC(C)(CNC(=O)C1(C#N)CCOCC1)C(N)=O. The molecule has 0 radical (unpaired) electrons. The van der Waals surface area contributed by atoms with Gasteiger partial charge in [-0.3, -0.25) is 9.59 Å². The maximum atomic E-state index is 12.1. The van der Waals surface area contributed by atoms with Crippen LogP contribution >= 0.6 is 0 Å². The Morgan fingerprint density at radius 2 is 2.00 bits per heavy atom. The summed E-state index contributed by atoms with van der Waals surface area (Å²) in [6.07, 6.45) is 0.763. The van der Waals surface area contributed by atoms with Crippen molar-refractivity contribution in [1.29, 1.82) is 5.26 Å². The van der Waals surface area contributed by atoms with Crippen molar-refractivity contribution in [3.05, 3.63) is 0 Å². The second kappa shape index (κ2) is 5.36. The van der Waals surface area contributed by atoms with Crippen molar-refractivity contribution < 1.29 is 14.3 Å². The van der Waals surface area contributed by atoms with Gasteiger partial charge >= 0.3 is 0 Å². The molecule has 3 N–H and O–H groups in total. The number of nitrogens with two attached hydrogens (primary N) is 1. The topological polar surface area (TPSA) is 105 Å². The van der Waals surface area contributed by atoms with Gasteiger partial charge < -0.3 is 15.8 Å². The van der Waals surface area contributed by atoms with E-state index in [9.17, 15) is 14.9 Å². The molecule has 1 saturated heterocycles. The normalized spacial score (nSPS) is 18.7. The lowest BCUT2D eigenvalue weighted by atomic mass is 9.80. The van der Waals surface area contributed by atoms with Crippen LogP contribution in [0.5, 0.6) is 0 Å². The lowest BCUT2D eigenvalue weighted by Gasteiger charge is -2.30. The molecule has 100 valence electrons. The number of carbonyl (C=O) groups excluding carboxylic acids is 2. The number of hydrogen-bond donors (Lipinski definition) is 2. The van der Waals surface area contributed by atoms with Gasteiger partial charge in [0.05, 0.1) is 11.5 Å². The first-order chi connectivity index (χ1) is 8.34. The zero-order valence-corrected chi connectivity index (χ0v) is 10.8. The molecular weight excluding hydrogens is 234 g/mol. The molecule has 1 aliphatic heterocycles. The molecule has 0 bridgehead atoms. The van der Waals surface area contributed by atoms with E-state index in [0.717, 1.165) is 0 Å². The van der Waals surface area contributed by atoms with E-state index in [1.54, 1.807) is 13.8 Å². The molecule has 2 amide bonds. The Hall–Kier alpha value is -1.61. The van der Waals surface area contributed by atoms with Crippen LogP contribution < -0.4 is 11.1 Å². The van der Waals surface area contributed by atoms with Crippen molar-refractivity contribution in [3.63, 3.8) is 0 Å². The average molecular weight is 253 g/mol. The highest BCUT2D eigenvalue weighted by Crippen LogP contribution is 2.30. The smallest absolute Gasteiger partial charge is 0.240 e. The fourth-order valence-electron chi connectivity index (χ4n) is 1.67. The van der Waals surface area contributed by atoms with Crippen molar-refractivity contribution in [3.8, 4) is 6.07 Å². The first-order valence-corrected chi connectivity index (χ1v) is 5.91. The number of nitrogens with one attached hydrogen (secondary N) is 1. The predicted octanol–water partition coefficient (Wildman–Crippen LogP) is -0.0655. The van der Waals surface area contributed by atoms with Crippen LogP contribution in [0.1, 0.15) is 26.7 Å². The third-order valence-corrected chi connectivity index (χ3v) is 3.35. The van der Waals surface area contributed by atoms with E-state index in [2.05, 4.69) is 11.4 Å². The molecule has 0 aromatic heterocycles. The lowest BCUT2D eigenvalue weighted by Crippen LogP contribution is -2.49. The second-order valence-electron chi connectivity index (χ2n) is 5.24. The van der Waals surface area contributed by atoms with Gasteiger partial charge in [-0.2, -0.15) is 5.26 Å². The largest absolute Gasteiger partial charge is 0.381 e. The number of ether oxygens (including phenoxy) is 1. The van der Waals surface area contributed by atoms with Gasteiger partial charge in [0.2, 0.25) is 11.8 Å². The van der Waals surface area contributed by atoms with Gasteiger partial charge in [0.25, 0.3) is 0 Å². The van der Waals surface area contributed by atoms with E-state index in [0.29, 0.717) is 26.1 Å². The van der Waals surface area contributed by atoms with Crippen LogP contribution in [0, 0.1) is 22.2 Å². The monoisotopic (exact) mass is 253 g/mol. The number of carbonyl (C=O) groups is 2. The van der Waals surface area contributed by atoms with Gasteiger partial charge in [-0.1, -0.05) is 0 Å². The van der Waals surface area contributed by atoms with Crippen LogP contribution in [-0.2, 0) is 14.3 Å². The van der Waals surface area contributed by atoms with Gasteiger partial charge in [-0.25, -0.2) is 0 Å². The zero-order chi connectivity index (χ0) is 13.8. The highest BCUT2D eigenvalue weighted by atomic mass is 16.5. The fourth-order valence-corrected chi connectivity index (χ4v) is 1.67. The molecule has 0 unspecified atom stereocenters. The Balaban J connectivity index is 2.65. The summed E-state index contributed by atoms with van der Waals surface area (Å²) < 4.78 is 5.16. The summed E-state index contributed by atoms with van der Waals surface area (Å²) >= 11 is 0. The Labute approximate surface area is 106 Å². The highest BCUT2D eigenvalue weighted by molar-refractivity contribution is 5.87. The molecule has 0 atom stereocenters. The van der Waals surface area contributed by atoms with Crippen LogP contribution in [0.2, 0.25) is 0 Å². The summed E-state index contributed by atoms with van der Waals surface area (Å²) in [5.41, 5.74) is 3.37. The predicted molar refractivity (Wildman–Crippen MR) is 64.1 cm³/mol. The maximum absolute atomic E-state index is 12.1. The van der Waals surface area contributed by atoms with Crippen molar-refractivity contribution in [2.24, 2.45) is 16.6 Å². The van der Waals surface area contributed by atoms with Crippen molar-refractivity contribution in [1.82, 2.24) is 5.32 Å². The molecule has 6 nitrogen and oxygen atoms in total. The van der Waals surface area contributed by atoms with Crippen molar-refractivity contribution >= 4 is 11.8 Å². The van der Waals surface area contributed by atoms with E-state index < -0.39 is 16.7 Å². The van der Waals surface area contributed by atoms with Gasteiger partial charge in [-0.15, -0.1) is 0 Å². The summed E-state index contributed by atoms with van der Waals surface area (Å²) in [5, 5.41) is 11.8. The number of amides is 2. The fraction of sp³-hybridized carbons (Fsp3) is 0.750. The third-order valence-electron chi connectivity index (χ3n) is 3.35. The van der Waals surface area contributed by atoms with E-state index in [-0.39, 0.29) is 12.5 Å². The molecule has 1 aliphatic rings. The Morgan fingerprint density at radius 3 is 2.44 bits per heavy atom.